The van der Waals surface area contributed by atoms with E-state index in [1.165, 1.54) is 0 Å². The van der Waals surface area contributed by atoms with Crippen LogP contribution in [0.25, 0.3) is 0 Å². The Bertz CT molecular complexity index is 451. The molecule has 0 unspecified atom stereocenters. The average Bonchev–Trinajstić information content (AvgIpc) is 2.66. The van der Waals surface area contributed by atoms with Gasteiger partial charge in [-0.1, -0.05) is 30.3 Å². The fourth-order valence-corrected chi connectivity index (χ4v) is 2.93. The topological polar surface area (TPSA) is 52.6 Å². The minimum atomic E-state index is -3.69. The Kier molecular flexibility index (Phi) is 3.21. The predicted octanol–water partition coefficient (Wildman–Crippen LogP) is 1.45. The van der Waals surface area contributed by atoms with E-state index in [0.717, 1.165) is 0 Å². The van der Waals surface area contributed by atoms with Gasteiger partial charge in [0, 0.05) is 16.2 Å². The van der Waals surface area contributed by atoms with Gasteiger partial charge in [0.05, 0.1) is 13.2 Å². The number of hydrogen-bond acceptors (Lipinski definition) is 4. The first kappa shape index (κ1) is 11.9. The van der Waals surface area contributed by atoms with Gasteiger partial charge in [0.25, 0.3) is 0 Å². The van der Waals surface area contributed by atoms with E-state index < -0.39 is 14.8 Å². The van der Waals surface area contributed by atoms with Crippen LogP contribution in [0.4, 0.5) is 0 Å². The van der Waals surface area contributed by atoms with Crippen LogP contribution >= 0.6 is 10.7 Å². The molecular weight excluding hydrogens is 252 g/mol. The second-order valence-corrected chi connectivity index (χ2v) is 6.28. The van der Waals surface area contributed by atoms with Gasteiger partial charge in [-0.15, -0.1) is 0 Å². The standard InChI is InChI=1S/C10H11ClO4S/c11-16(12,13)8-10(14-6-7-15-10)9-4-2-1-3-5-9/h1-5H,6-8H2. The third-order valence-electron chi connectivity index (χ3n) is 2.33. The Morgan fingerprint density at radius 2 is 1.75 bits per heavy atom. The monoisotopic (exact) mass is 262 g/mol. The van der Waals surface area contributed by atoms with E-state index in [0.29, 0.717) is 18.8 Å². The third-order valence-corrected chi connectivity index (χ3v) is 3.38. The van der Waals surface area contributed by atoms with Crippen molar-refractivity contribution in [3.8, 4) is 0 Å². The first-order valence-electron chi connectivity index (χ1n) is 4.78. The molecule has 0 amide bonds. The van der Waals surface area contributed by atoms with Gasteiger partial charge in [-0.25, -0.2) is 8.42 Å². The van der Waals surface area contributed by atoms with Gasteiger partial charge in [0.1, 0.15) is 5.75 Å². The Morgan fingerprint density at radius 3 is 2.25 bits per heavy atom. The molecule has 1 aromatic rings. The molecule has 0 saturated carbocycles. The number of rotatable bonds is 3. The molecule has 88 valence electrons. The Balaban J connectivity index is 2.37. The lowest BCUT2D eigenvalue weighted by molar-refractivity contribution is -0.146. The Labute approximate surface area is 98.5 Å². The van der Waals surface area contributed by atoms with Crippen LogP contribution in [0.1, 0.15) is 5.56 Å². The Morgan fingerprint density at radius 1 is 1.19 bits per heavy atom. The van der Waals surface area contributed by atoms with Crippen molar-refractivity contribution < 1.29 is 17.9 Å². The summed E-state index contributed by atoms with van der Waals surface area (Å²) in [4.78, 5) is 0. The smallest absolute Gasteiger partial charge is 0.238 e. The molecule has 0 bridgehead atoms. The van der Waals surface area contributed by atoms with E-state index in [1.54, 1.807) is 24.3 Å². The van der Waals surface area contributed by atoms with Crippen molar-refractivity contribution in [2.75, 3.05) is 19.0 Å². The van der Waals surface area contributed by atoms with Crippen molar-refractivity contribution in [2.24, 2.45) is 0 Å². The quantitative estimate of drug-likeness (QED) is 0.774. The second-order valence-electron chi connectivity index (χ2n) is 3.50. The zero-order valence-corrected chi connectivity index (χ0v) is 10.00. The molecule has 1 aromatic carbocycles. The van der Waals surface area contributed by atoms with Crippen molar-refractivity contribution in [2.45, 2.75) is 5.79 Å². The minimum Gasteiger partial charge on any atom is -0.343 e. The molecule has 16 heavy (non-hydrogen) atoms. The molecule has 0 atom stereocenters. The van der Waals surface area contributed by atoms with E-state index in [2.05, 4.69) is 0 Å². The number of benzene rings is 1. The highest BCUT2D eigenvalue weighted by molar-refractivity contribution is 8.13. The van der Waals surface area contributed by atoms with Gasteiger partial charge >= 0.3 is 0 Å². The first-order valence-corrected chi connectivity index (χ1v) is 7.25. The SMILES string of the molecule is O=S(=O)(Cl)CC1(c2ccccc2)OCCO1. The van der Waals surface area contributed by atoms with Gasteiger partial charge in [0.2, 0.25) is 14.8 Å². The zero-order chi connectivity index (χ0) is 11.6. The molecule has 0 spiro atoms. The van der Waals surface area contributed by atoms with Crippen LogP contribution in [0.2, 0.25) is 0 Å². The van der Waals surface area contributed by atoms with E-state index in [1.807, 2.05) is 6.07 Å². The van der Waals surface area contributed by atoms with Crippen molar-refractivity contribution in [1.29, 1.82) is 0 Å². The van der Waals surface area contributed by atoms with Crippen molar-refractivity contribution in [1.82, 2.24) is 0 Å². The van der Waals surface area contributed by atoms with Crippen LogP contribution in [0.15, 0.2) is 30.3 Å². The molecule has 1 heterocycles. The summed E-state index contributed by atoms with van der Waals surface area (Å²) in [5.74, 6) is -1.63. The number of halogens is 1. The third kappa shape index (κ3) is 2.55. The van der Waals surface area contributed by atoms with Crippen LogP contribution in [0.3, 0.4) is 0 Å². The fourth-order valence-electron chi connectivity index (χ4n) is 1.71. The number of ether oxygens (including phenoxy) is 2. The highest BCUT2D eigenvalue weighted by Gasteiger charge is 2.42. The lowest BCUT2D eigenvalue weighted by Gasteiger charge is -2.26. The molecule has 1 aliphatic rings. The second kappa shape index (κ2) is 4.33. The summed E-state index contributed by atoms with van der Waals surface area (Å²) < 4.78 is 33.2. The highest BCUT2D eigenvalue weighted by Crippen LogP contribution is 2.33. The molecule has 1 saturated heterocycles. The fraction of sp³-hybridized carbons (Fsp3) is 0.400. The lowest BCUT2D eigenvalue weighted by Crippen LogP contribution is -2.34. The zero-order valence-electron chi connectivity index (χ0n) is 8.43. The van der Waals surface area contributed by atoms with Gasteiger partial charge in [-0.3, -0.25) is 0 Å². The molecule has 0 aliphatic carbocycles. The first-order chi connectivity index (χ1) is 7.52. The Hall–Kier alpha value is -0.620. The van der Waals surface area contributed by atoms with Gasteiger partial charge in [-0.2, -0.15) is 0 Å². The lowest BCUT2D eigenvalue weighted by atomic mass is 10.1. The number of hydrogen-bond donors (Lipinski definition) is 0. The maximum absolute atomic E-state index is 11.2. The van der Waals surface area contributed by atoms with Gasteiger partial charge in [0.15, 0.2) is 0 Å². The van der Waals surface area contributed by atoms with Gasteiger partial charge < -0.3 is 9.47 Å². The van der Waals surface area contributed by atoms with Gasteiger partial charge in [-0.05, 0) is 0 Å². The van der Waals surface area contributed by atoms with Crippen LogP contribution in [-0.4, -0.2) is 27.4 Å². The summed E-state index contributed by atoms with van der Waals surface area (Å²) >= 11 is 0. The maximum atomic E-state index is 11.2. The molecule has 2 rings (SSSR count). The predicted molar refractivity (Wildman–Crippen MR) is 59.7 cm³/mol. The van der Waals surface area contributed by atoms with Crippen molar-refractivity contribution >= 4 is 19.7 Å². The molecule has 0 aromatic heterocycles. The minimum absolute atomic E-state index is 0.362. The summed E-state index contributed by atoms with van der Waals surface area (Å²) in [6.07, 6.45) is 0. The molecule has 1 fully saturated rings. The molecule has 4 nitrogen and oxygen atoms in total. The summed E-state index contributed by atoms with van der Waals surface area (Å²) in [5, 5.41) is 0. The summed E-state index contributed by atoms with van der Waals surface area (Å²) in [7, 11) is 1.57. The van der Waals surface area contributed by atoms with E-state index in [-0.39, 0.29) is 5.75 Å². The summed E-state index contributed by atoms with van der Waals surface area (Å²) in [5.41, 5.74) is 0.664. The molecule has 6 heteroatoms. The van der Waals surface area contributed by atoms with E-state index >= 15 is 0 Å². The van der Waals surface area contributed by atoms with E-state index in [9.17, 15) is 8.42 Å². The normalized spacial score (nSPS) is 19.8. The van der Waals surface area contributed by atoms with Crippen LogP contribution < -0.4 is 0 Å². The average molecular weight is 263 g/mol. The molecular formula is C10H11ClO4S. The van der Waals surface area contributed by atoms with Crippen LogP contribution in [0.5, 0.6) is 0 Å². The summed E-state index contributed by atoms with van der Waals surface area (Å²) in [6.45, 7) is 0.725. The molecule has 0 N–H and O–H groups in total. The van der Waals surface area contributed by atoms with Crippen LogP contribution in [0, 0.1) is 0 Å². The molecule has 1 aliphatic heterocycles. The largest absolute Gasteiger partial charge is 0.343 e. The van der Waals surface area contributed by atoms with E-state index in [4.69, 9.17) is 20.2 Å². The molecule has 0 radical (unpaired) electrons. The summed E-state index contributed by atoms with van der Waals surface area (Å²) in [6, 6.07) is 8.94. The highest BCUT2D eigenvalue weighted by atomic mass is 35.7. The van der Waals surface area contributed by atoms with Crippen molar-refractivity contribution in [3.63, 3.8) is 0 Å². The van der Waals surface area contributed by atoms with Crippen molar-refractivity contribution in [3.05, 3.63) is 35.9 Å². The van der Waals surface area contributed by atoms with Crippen LogP contribution in [-0.2, 0) is 24.3 Å². The maximum Gasteiger partial charge on any atom is 0.238 e.